The zero-order valence-electron chi connectivity index (χ0n) is 15.9. The van der Waals surface area contributed by atoms with Crippen molar-refractivity contribution in [2.24, 2.45) is 0 Å². The fraction of sp³-hybridized carbons (Fsp3) is 0.286. The molecule has 7 nitrogen and oxygen atoms in total. The predicted molar refractivity (Wildman–Crippen MR) is 106 cm³/mol. The number of ether oxygens (including phenoxy) is 1. The van der Waals surface area contributed by atoms with Crippen LogP contribution in [0.2, 0.25) is 0 Å². The van der Waals surface area contributed by atoms with Crippen LogP contribution in [0.15, 0.2) is 48.5 Å². The number of nitro groups is 1. The Labute approximate surface area is 162 Å². The van der Waals surface area contributed by atoms with Crippen LogP contribution in [0.4, 0.5) is 11.4 Å². The van der Waals surface area contributed by atoms with Gasteiger partial charge in [0.2, 0.25) is 11.6 Å². The number of likely N-dealkylation sites (N-methyl/N-ethyl adjacent to an activating group) is 1. The highest BCUT2D eigenvalue weighted by Crippen LogP contribution is 2.54. The summed E-state index contributed by atoms with van der Waals surface area (Å²) in [7, 11) is 1.61. The Morgan fingerprint density at radius 1 is 1.25 bits per heavy atom. The van der Waals surface area contributed by atoms with Crippen LogP contribution < -0.4 is 15.0 Å². The van der Waals surface area contributed by atoms with Gasteiger partial charge in [0.15, 0.2) is 0 Å². The highest BCUT2D eigenvalue weighted by atomic mass is 16.6. The van der Waals surface area contributed by atoms with Gasteiger partial charge in [-0.25, -0.2) is 0 Å². The summed E-state index contributed by atoms with van der Waals surface area (Å²) in [6.45, 7) is 4.29. The summed E-state index contributed by atoms with van der Waals surface area (Å²) >= 11 is 0. The molecule has 0 saturated heterocycles. The second-order valence-electron chi connectivity index (χ2n) is 7.51. The van der Waals surface area contributed by atoms with E-state index in [1.54, 1.807) is 13.1 Å². The van der Waals surface area contributed by atoms with E-state index in [-0.39, 0.29) is 18.1 Å². The van der Waals surface area contributed by atoms with Gasteiger partial charge in [-0.15, -0.1) is 0 Å². The Bertz CT molecular complexity index is 1010. The van der Waals surface area contributed by atoms with E-state index in [1.165, 1.54) is 12.1 Å². The summed E-state index contributed by atoms with van der Waals surface area (Å²) < 4.78 is 6.51. The smallest absolute Gasteiger partial charge is 0.270 e. The van der Waals surface area contributed by atoms with Crippen LogP contribution in [0, 0.1) is 10.1 Å². The molecule has 0 bridgehead atoms. The van der Waals surface area contributed by atoms with Crippen molar-refractivity contribution in [1.82, 2.24) is 5.32 Å². The number of anilines is 1. The number of nitro benzene ring substituents is 1. The molecular formula is C21H21N3O4. The van der Waals surface area contributed by atoms with Crippen LogP contribution in [0.3, 0.4) is 0 Å². The topological polar surface area (TPSA) is 84.7 Å². The minimum Gasteiger partial charge on any atom is -0.463 e. The molecule has 2 aromatic rings. The molecule has 1 atom stereocenters. The lowest BCUT2D eigenvalue weighted by Crippen LogP contribution is -2.61. The van der Waals surface area contributed by atoms with Gasteiger partial charge in [0, 0.05) is 30.4 Å². The zero-order valence-corrected chi connectivity index (χ0v) is 15.9. The molecule has 1 unspecified atom stereocenters. The van der Waals surface area contributed by atoms with Gasteiger partial charge in [-0.05, 0) is 43.7 Å². The van der Waals surface area contributed by atoms with Crippen molar-refractivity contribution >= 4 is 23.4 Å². The van der Waals surface area contributed by atoms with Crippen LogP contribution in [0.1, 0.15) is 25.0 Å². The molecule has 28 heavy (non-hydrogen) atoms. The summed E-state index contributed by atoms with van der Waals surface area (Å²) in [6.07, 6.45) is 3.75. The second-order valence-corrected chi connectivity index (χ2v) is 7.51. The minimum absolute atomic E-state index is 0.0131. The molecule has 1 N–H and O–H groups in total. The molecule has 0 aliphatic carbocycles. The third-order valence-electron chi connectivity index (χ3n) is 5.70. The Balaban J connectivity index is 1.86. The number of hydrogen-bond donors (Lipinski definition) is 1. The SMILES string of the molecule is CNC(=O)CN1c2ccccc2C(C)(C)C12C=Cc1cc([N+](=O)[O-])ccc1O2. The number of carbonyl (C=O) groups is 1. The number of nitrogens with one attached hydrogen (secondary N) is 1. The Morgan fingerprint density at radius 2 is 2.00 bits per heavy atom. The van der Waals surface area contributed by atoms with Gasteiger partial charge in [-0.3, -0.25) is 14.9 Å². The third-order valence-corrected chi connectivity index (χ3v) is 5.70. The van der Waals surface area contributed by atoms with E-state index >= 15 is 0 Å². The lowest BCUT2D eigenvalue weighted by molar-refractivity contribution is -0.384. The monoisotopic (exact) mass is 379 g/mol. The number of amides is 1. The summed E-state index contributed by atoms with van der Waals surface area (Å²) in [4.78, 5) is 24.9. The fourth-order valence-electron chi connectivity index (χ4n) is 4.13. The minimum atomic E-state index is -0.924. The van der Waals surface area contributed by atoms with Gasteiger partial charge in [0.05, 0.1) is 10.3 Å². The molecule has 2 aliphatic rings. The lowest BCUT2D eigenvalue weighted by atomic mass is 9.76. The maximum absolute atomic E-state index is 12.3. The maximum Gasteiger partial charge on any atom is 0.270 e. The van der Waals surface area contributed by atoms with Crippen LogP contribution in [-0.2, 0) is 10.2 Å². The summed E-state index contributed by atoms with van der Waals surface area (Å²) in [5.74, 6) is 0.425. The van der Waals surface area contributed by atoms with Crippen LogP contribution in [-0.4, -0.2) is 30.1 Å². The van der Waals surface area contributed by atoms with Gasteiger partial charge >= 0.3 is 0 Å². The highest BCUT2D eigenvalue weighted by molar-refractivity contribution is 5.84. The molecule has 0 aromatic heterocycles. The van der Waals surface area contributed by atoms with Gasteiger partial charge in [0.25, 0.3) is 5.69 Å². The van der Waals surface area contributed by atoms with Crippen molar-refractivity contribution in [3.8, 4) is 5.75 Å². The van der Waals surface area contributed by atoms with Crippen molar-refractivity contribution < 1.29 is 14.5 Å². The zero-order chi connectivity index (χ0) is 20.1. The standard InChI is InChI=1S/C21H21N3O4/c1-20(2)16-6-4-5-7-17(16)23(13-19(25)22-3)21(20)11-10-14-12-15(24(26)27)8-9-18(14)28-21/h4-12H,13H2,1-3H3,(H,22,25). The first-order valence-corrected chi connectivity index (χ1v) is 9.04. The average Bonchev–Trinajstić information content (AvgIpc) is 2.86. The largest absolute Gasteiger partial charge is 0.463 e. The number of hydrogen-bond acceptors (Lipinski definition) is 5. The molecule has 0 fully saturated rings. The number of non-ortho nitro benzene ring substituents is 1. The fourth-order valence-corrected chi connectivity index (χ4v) is 4.13. The lowest BCUT2D eigenvalue weighted by Gasteiger charge is -2.46. The Hall–Kier alpha value is -3.35. The molecule has 144 valence electrons. The molecular weight excluding hydrogens is 358 g/mol. The van der Waals surface area contributed by atoms with Gasteiger partial charge in [-0.2, -0.15) is 0 Å². The summed E-state index contributed by atoms with van der Waals surface area (Å²) in [5.41, 5.74) is 1.28. The van der Waals surface area contributed by atoms with E-state index < -0.39 is 16.1 Å². The molecule has 1 spiro atoms. The van der Waals surface area contributed by atoms with Crippen LogP contribution in [0.5, 0.6) is 5.75 Å². The van der Waals surface area contributed by atoms with Crippen LogP contribution >= 0.6 is 0 Å². The Morgan fingerprint density at radius 3 is 2.71 bits per heavy atom. The van der Waals surface area contributed by atoms with E-state index in [1.807, 2.05) is 41.3 Å². The summed E-state index contributed by atoms with van der Waals surface area (Å²) in [5, 5.41) is 13.8. The van der Waals surface area contributed by atoms with Crippen LogP contribution in [0.25, 0.3) is 6.08 Å². The first-order valence-electron chi connectivity index (χ1n) is 9.04. The van der Waals surface area contributed by atoms with Crippen molar-refractivity contribution in [3.05, 3.63) is 69.8 Å². The van der Waals surface area contributed by atoms with Crippen molar-refractivity contribution in [2.75, 3.05) is 18.5 Å². The maximum atomic E-state index is 12.3. The highest BCUT2D eigenvalue weighted by Gasteiger charge is 2.59. The number of rotatable bonds is 3. The number of nitrogens with zero attached hydrogens (tertiary/aromatic N) is 2. The van der Waals surface area contributed by atoms with Gasteiger partial charge in [-0.1, -0.05) is 18.2 Å². The van der Waals surface area contributed by atoms with E-state index in [4.69, 9.17) is 4.74 Å². The summed E-state index contributed by atoms with van der Waals surface area (Å²) in [6, 6.07) is 12.5. The molecule has 0 saturated carbocycles. The quantitative estimate of drug-likeness (QED) is 0.654. The normalized spacial score (nSPS) is 21.0. The molecule has 2 aromatic carbocycles. The number of para-hydroxylation sites is 1. The number of carbonyl (C=O) groups excluding carboxylic acids is 1. The first kappa shape index (κ1) is 18.0. The van der Waals surface area contributed by atoms with E-state index in [0.717, 1.165) is 11.3 Å². The molecule has 1 amide bonds. The third kappa shape index (κ3) is 2.39. The Kier molecular flexibility index (Phi) is 3.92. The van der Waals surface area contributed by atoms with E-state index in [9.17, 15) is 14.9 Å². The van der Waals surface area contributed by atoms with Gasteiger partial charge in [0.1, 0.15) is 12.3 Å². The molecule has 2 heterocycles. The van der Waals surface area contributed by atoms with Gasteiger partial charge < -0.3 is 15.0 Å². The van der Waals surface area contributed by atoms with Crippen molar-refractivity contribution in [3.63, 3.8) is 0 Å². The molecule has 7 heteroatoms. The second kappa shape index (κ2) is 6.09. The number of fused-ring (bicyclic) bond motifs is 2. The predicted octanol–water partition coefficient (Wildman–Crippen LogP) is 3.24. The molecule has 0 radical (unpaired) electrons. The first-order chi connectivity index (χ1) is 13.3. The molecule has 4 rings (SSSR count). The van der Waals surface area contributed by atoms with E-state index in [0.29, 0.717) is 11.3 Å². The average molecular weight is 379 g/mol. The number of benzene rings is 2. The van der Waals surface area contributed by atoms with Crippen molar-refractivity contribution in [2.45, 2.75) is 25.0 Å². The molecule has 2 aliphatic heterocycles. The van der Waals surface area contributed by atoms with E-state index in [2.05, 4.69) is 19.2 Å². The van der Waals surface area contributed by atoms with Crippen molar-refractivity contribution in [1.29, 1.82) is 0 Å².